The molecule has 194 valence electrons. The second-order valence-electron chi connectivity index (χ2n) is 9.89. The van der Waals surface area contributed by atoms with Gasteiger partial charge in [-0.05, 0) is 43.5 Å². The van der Waals surface area contributed by atoms with Gasteiger partial charge in [0.25, 0.3) is 5.91 Å². The Morgan fingerprint density at radius 2 is 1.75 bits per heavy atom. The first-order chi connectivity index (χ1) is 17.1. The summed E-state index contributed by atoms with van der Waals surface area (Å²) < 4.78 is 34.2. The molecule has 3 aromatic rings. The van der Waals surface area contributed by atoms with Crippen molar-refractivity contribution in [3.05, 3.63) is 53.3 Å². The molecule has 1 saturated heterocycles. The van der Waals surface area contributed by atoms with E-state index < -0.39 is 10.0 Å². The predicted molar refractivity (Wildman–Crippen MR) is 138 cm³/mol. The minimum atomic E-state index is -3.55. The van der Waals surface area contributed by atoms with E-state index >= 15 is 0 Å². The van der Waals surface area contributed by atoms with Gasteiger partial charge in [-0.1, -0.05) is 32.9 Å². The molecule has 1 aliphatic heterocycles. The topological polar surface area (TPSA) is 106 Å². The minimum Gasteiger partial charge on any atom is -0.379 e. The summed E-state index contributed by atoms with van der Waals surface area (Å²) in [6.45, 7) is 12.2. The van der Waals surface area contributed by atoms with Gasteiger partial charge in [-0.15, -0.1) is 0 Å². The summed E-state index contributed by atoms with van der Waals surface area (Å²) in [7, 11) is -3.55. The number of benzene rings is 1. The van der Waals surface area contributed by atoms with Crippen LogP contribution in [0, 0.1) is 5.92 Å². The molecule has 1 N–H and O–H groups in total. The SMILES string of the molecule is CC(C)C(C)c1cc(C(=O)NCc2ccc(S(=O)(=O)N3CCOCC3)cc2)c2cnn(C(C)C)c2n1. The maximum Gasteiger partial charge on any atom is 0.252 e. The Morgan fingerprint density at radius 1 is 1.08 bits per heavy atom. The zero-order valence-electron chi connectivity index (χ0n) is 21.6. The third kappa shape index (κ3) is 5.30. The Bertz CT molecular complexity index is 1330. The van der Waals surface area contributed by atoms with Crippen molar-refractivity contribution in [1.82, 2.24) is 24.4 Å². The maximum absolute atomic E-state index is 13.3. The molecule has 10 heteroatoms. The van der Waals surface area contributed by atoms with Crippen molar-refractivity contribution in [3.8, 4) is 0 Å². The second kappa shape index (κ2) is 10.7. The van der Waals surface area contributed by atoms with Gasteiger partial charge in [0, 0.05) is 37.3 Å². The molecule has 2 aromatic heterocycles. The summed E-state index contributed by atoms with van der Waals surface area (Å²) in [5.41, 5.74) is 2.92. The molecular weight excluding hydrogens is 478 g/mol. The average molecular weight is 514 g/mol. The molecule has 1 fully saturated rings. The van der Waals surface area contributed by atoms with Crippen LogP contribution in [0.15, 0.2) is 41.4 Å². The van der Waals surface area contributed by atoms with E-state index in [1.165, 1.54) is 4.31 Å². The number of fused-ring (bicyclic) bond motifs is 1. The first-order valence-electron chi connectivity index (χ1n) is 12.4. The monoisotopic (exact) mass is 513 g/mol. The van der Waals surface area contributed by atoms with Crippen LogP contribution in [0.2, 0.25) is 0 Å². The number of hydrogen-bond acceptors (Lipinski definition) is 6. The zero-order chi connectivity index (χ0) is 26.0. The Hall–Kier alpha value is -2.82. The third-order valence-corrected chi connectivity index (χ3v) is 8.68. The molecule has 4 rings (SSSR count). The van der Waals surface area contributed by atoms with E-state index in [2.05, 4.69) is 31.2 Å². The molecule has 1 atom stereocenters. The lowest BCUT2D eigenvalue weighted by molar-refractivity contribution is 0.0730. The fourth-order valence-corrected chi connectivity index (χ4v) is 5.58. The fraction of sp³-hybridized carbons (Fsp3) is 0.500. The Kier molecular flexibility index (Phi) is 7.77. The minimum absolute atomic E-state index is 0.114. The van der Waals surface area contributed by atoms with Crippen molar-refractivity contribution in [2.75, 3.05) is 26.3 Å². The van der Waals surface area contributed by atoms with Gasteiger partial charge >= 0.3 is 0 Å². The number of carbonyl (C=O) groups excluding carboxylic acids is 1. The molecule has 0 spiro atoms. The molecule has 0 aliphatic carbocycles. The highest BCUT2D eigenvalue weighted by Gasteiger charge is 2.26. The van der Waals surface area contributed by atoms with E-state index in [0.717, 1.165) is 11.3 Å². The van der Waals surface area contributed by atoms with Crippen LogP contribution in [0.1, 0.15) is 68.2 Å². The number of sulfonamides is 1. The first-order valence-corrected chi connectivity index (χ1v) is 13.9. The molecule has 36 heavy (non-hydrogen) atoms. The highest BCUT2D eigenvalue weighted by Crippen LogP contribution is 2.28. The zero-order valence-corrected chi connectivity index (χ0v) is 22.4. The lowest BCUT2D eigenvalue weighted by Gasteiger charge is -2.26. The maximum atomic E-state index is 13.3. The molecule has 3 heterocycles. The number of nitrogens with one attached hydrogen (secondary N) is 1. The highest BCUT2D eigenvalue weighted by molar-refractivity contribution is 7.89. The molecular formula is C26H35N5O4S. The Labute approximate surface area is 212 Å². The normalized spacial score (nSPS) is 16.1. The molecule has 0 radical (unpaired) electrons. The number of carbonyl (C=O) groups is 1. The number of rotatable bonds is 8. The number of ether oxygens (including phenoxy) is 1. The van der Waals surface area contributed by atoms with E-state index in [0.29, 0.717) is 48.8 Å². The van der Waals surface area contributed by atoms with Crippen LogP contribution in [0.4, 0.5) is 0 Å². The number of amides is 1. The molecule has 1 amide bonds. The molecule has 0 saturated carbocycles. The largest absolute Gasteiger partial charge is 0.379 e. The van der Waals surface area contributed by atoms with E-state index in [1.54, 1.807) is 30.5 Å². The number of morpholine rings is 1. The van der Waals surface area contributed by atoms with Gasteiger partial charge in [0.1, 0.15) is 0 Å². The first kappa shape index (κ1) is 26.2. The molecule has 1 aromatic carbocycles. The molecule has 0 bridgehead atoms. The standard InChI is InChI=1S/C26H35N5O4S/c1-17(2)19(5)24-14-22(23-16-28-31(18(3)4)25(23)29-24)26(32)27-15-20-6-8-21(9-7-20)36(33,34)30-10-12-35-13-11-30/h6-9,14,16-19H,10-13,15H2,1-5H3,(H,27,32). The van der Waals surface area contributed by atoms with Crippen molar-refractivity contribution >= 4 is 27.0 Å². The molecule has 1 aliphatic rings. The lowest BCUT2D eigenvalue weighted by atomic mass is 9.93. The predicted octanol–water partition coefficient (Wildman–Crippen LogP) is 3.72. The van der Waals surface area contributed by atoms with Crippen molar-refractivity contribution in [3.63, 3.8) is 0 Å². The Balaban J connectivity index is 1.54. The Morgan fingerprint density at radius 3 is 2.36 bits per heavy atom. The summed E-state index contributed by atoms with van der Waals surface area (Å²) in [6.07, 6.45) is 1.70. The van der Waals surface area contributed by atoms with Gasteiger partial charge in [0.15, 0.2) is 5.65 Å². The highest BCUT2D eigenvalue weighted by atomic mass is 32.2. The van der Waals surface area contributed by atoms with Crippen LogP contribution < -0.4 is 5.32 Å². The van der Waals surface area contributed by atoms with Crippen molar-refractivity contribution in [2.24, 2.45) is 5.92 Å². The van der Waals surface area contributed by atoms with E-state index in [-0.39, 0.29) is 29.3 Å². The van der Waals surface area contributed by atoms with E-state index in [1.807, 2.05) is 24.6 Å². The smallest absolute Gasteiger partial charge is 0.252 e. The summed E-state index contributed by atoms with van der Waals surface area (Å²) in [6, 6.07) is 8.63. The van der Waals surface area contributed by atoms with Crippen LogP contribution in [-0.2, 0) is 21.3 Å². The average Bonchev–Trinajstić information content (AvgIpc) is 3.31. The third-order valence-electron chi connectivity index (χ3n) is 6.77. The summed E-state index contributed by atoms with van der Waals surface area (Å²) >= 11 is 0. The van der Waals surface area contributed by atoms with Gasteiger partial charge in [-0.25, -0.2) is 18.1 Å². The van der Waals surface area contributed by atoms with Gasteiger partial charge in [-0.3, -0.25) is 4.79 Å². The quantitative estimate of drug-likeness (QED) is 0.492. The van der Waals surface area contributed by atoms with Gasteiger partial charge < -0.3 is 10.1 Å². The second-order valence-corrected chi connectivity index (χ2v) is 11.8. The summed E-state index contributed by atoms with van der Waals surface area (Å²) in [4.78, 5) is 18.4. The summed E-state index contributed by atoms with van der Waals surface area (Å²) in [5, 5.41) is 8.18. The molecule has 9 nitrogen and oxygen atoms in total. The van der Waals surface area contributed by atoms with Crippen LogP contribution >= 0.6 is 0 Å². The fourth-order valence-electron chi connectivity index (χ4n) is 4.17. The lowest BCUT2D eigenvalue weighted by Crippen LogP contribution is -2.40. The van der Waals surface area contributed by atoms with Crippen LogP contribution in [0.5, 0.6) is 0 Å². The number of nitrogens with zero attached hydrogens (tertiary/aromatic N) is 4. The van der Waals surface area contributed by atoms with Crippen LogP contribution in [0.3, 0.4) is 0 Å². The van der Waals surface area contributed by atoms with Gasteiger partial charge in [-0.2, -0.15) is 9.40 Å². The van der Waals surface area contributed by atoms with Gasteiger partial charge in [0.2, 0.25) is 10.0 Å². The van der Waals surface area contributed by atoms with E-state index in [9.17, 15) is 13.2 Å². The van der Waals surface area contributed by atoms with Crippen molar-refractivity contribution in [2.45, 2.75) is 58.0 Å². The number of pyridine rings is 1. The van der Waals surface area contributed by atoms with Crippen LogP contribution in [0.25, 0.3) is 11.0 Å². The van der Waals surface area contributed by atoms with E-state index in [4.69, 9.17) is 9.72 Å². The number of aromatic nitrogens is 3. The van der Waals surface area contributed by atoms with Crippen LogP contribution in [-0.4, -0.2) is 59.7 Å². The molecule has 1 unspecified atom stereocenters. The summed E-state index contributed by atoms with van der Waals surface area (Å²) in [5.74, 6) is 0.332. The number of hydrogen-bond donors (Lipinski definition) is 1. The van der Waals surface area contributed by atoms with Crippen molar-refractivity contribution in [1.29, 1.82) is 0 Å². The van der Waals surface area contributed by atoms with Gasteiger partial charge in [0.05, 0.1) is 35.3 Å². The van der Waals surface area contributed by atoms with Crippen molar-refractivity contribution < 1.29 is 17.9 Å².